The molecule has 0 saturated heterocycles. The number of Topliss-reactive ketones (excluding diaryl/α,β-unsaturated/α-hetero) is 1. The molecule has 0 N–H and O–H groups in total. The average Bonchev–Trinajstić information content (AvgIpc) is 2.43. The number of carbonyl (C=O) groups excluding carboxylic acids is 1. The Hall–Kier alpha value is -1.65. The first-order valence-electron chi connectivity index (χ1n) is 5.53. The highest BCUT2D eigenvalue weighted by Crippen LogP contribution is 2.26. The molecule has 6 heteroatoms. The quantitative estimate of drug-likeness (QED) is 0.774. The molecule has 0 saturated carbocycles. The predicted octanol–water partition coefficient (Wildman–Crippen LogP) is 4.53. The third-order valence-electron chi connectivity index (χ3n) is 2.50. The van der Waals surface area contributed by atoms with Gasteiger partial charge in [-0.3, -0.25) is 4.79 Å². The predicted molar refractivity (Wildman–Crippen MR) is 72.6 cm³/mol. The topological polar surface area (TPSA) is 26.3 Å². The second-order valence-electron chi connectivity index (χ2n) is 3.92. The number of carbonyl (C=O) groups is 1. The lowest BCUT2D eigenvalue weighted by molar-refractivity contribution is 0.0921. The standard InChI is InChI=1S/C14H8Cl2F2O2/c15-10-3-2-9(6-11(10)16)20-7-14(19)8-1-4-12(17)13(18)5-8/h1-6H,7H2. The number of halogens is 4. The summed E-state index contributed by atoms with van der Waals surface area (Å²) in [5.41, 5.74) is 0.0314. The third kappa shape index (κ3) is 3.46. The highest BCUT2D eigenvalue weighted by atomic mass is 35.5. The van der Waals surface area contributed by atoms with Gasteiger partial charge in [0.2, 0.25) is 0 Å². The summed E-state index contributed by atoms with van der Waals surface area (Å²) in [6.07, 6.45) is 0. The van der Waals surface area contributed by atoms with Crippen LogP contribution >= 0.6 is 23.2 Å². The molecule has 0 aliphatic carbocycles. The molecule has 0 atom stereocenters. The van der Waals surface area contributed by atoms with E-state index in [0.717, 1.165) is 12.1 Å². The lowest BCUT2D eigenvalue weighted by atomic mass is 10.1. The number of ketones is 1. The zero-order valence-corrected chi connectivity index (χ0v) is 11.5. The minimum absolute atomic E-state index is 0.0314. The molecule has 0 aliphatic heterocycles. The Labute approximate surface area is 123 Å². The maximum Gasteiger partial charge on any atom is 0.200 e. The van der Waals surface area contributed by atoms with Crippen molar-refractivity contribution in [3.05, 3.63) is 63.6 Å². The molecule has 2 aromatic carbocycles. The molecule has 0 fully saturated rings. The second kappa shape index (κ2) is 6.20. The molecule has 20 heavy (non-hydrogen) atoms. The summed E-state index contributed by atoms with van der Waals surface area (Å²) >= 11 is 11.5. The van der Waals surface area contributed by atoms with E-state index in [0.29, 0.717) is 15.8 Å². The number of ether oxygens (including phenoxy) is 1. The van der Waals surface area contributed by atoms with Crippen LogP contribution in [0.25, 0.3) is 0 Å². The maximum absolute atomic E-state index is 13.0. The van der Waals surface area contributed by atoms with Gasteiger partial charge in [0.05, 0.1) is 10.0 Å². The van der Waals surface area contributed by atoms with Gasteiger partial charge in [-0.25, -0.2) is 8.78 Å². The van der Waals surface area contributed by atoms with Crippen molar-refractivity contribution in [3.8, 4) is 5.75 Å². The zero-order valence-electron chi connectivity index (χ0n) is 10.00. The minimum Gasteiger partial charge on any atom is -0.485 e. The van der Waals surface area contributed by atoms with E-state index in [1.165, 1.54) is 18.2 Å². The van der Waals surface area contributed by atoms with E-state index in [-0.39, 0.29) is 12.2 Å². The molecule has 0 aliphatic rings. The Balaban J connectivity index is 2.04. The first kappa shape index (κ1) is 14.8. The summed E-state index contributed by atoms with van der Waals surface area (Å²) in [7, 11) is 0. The highest BCUT2D eigenvalue weighted by molar-refractivity contribution is 6.42. The van der Waals surface area contributed by atoms with Gasteiger partial charge < -0.3 is 4.74 Å². The minimum atomic E-state index is -1.08. The van der Waals surface area contributed by atoms with Gasteiger partial charge in [-0.05, 0) is 30.3 Å². The summed E-state index contributed by atoms with van der Waals surface area (Å²) in [5.74, 6) is -2.21. The molecule has 0 aromatic heterocycles. The molecular formula is C14H8Cl2F2O2. The van der Waals surface area contributed by atoms with Crippen molar-refractivity contribution in [1.29, 1.82) is 0 Å². The van der Waals surface area contributed by atoms with Crippen molar-refractivity contribution in [2.75, 3.05) is 6.61 Å². The lowest BCUT2D eigenvalue weighted by Gasteiger charge is -2.07. The van der Waals surface area contributed by atoms with Crippen LogP contribution in [0.15, 0.2) is 36.4 Å². The van der Waals surface area contributed by atoms with Gasteiger partial charge in [0, 0.05) is 11.6 Å². The Kier molecular flexibility index (Phi) is 4.57. The number of benzene rings is 2. The summed E-state index contributed by atoms with van der Waals surface area (Å²) in [6, 6.07) is 7.45. The molecule has 0 amide bonds. The summed E-state index contributed by atoms with van der Waals surface area (Å²) in [5, 5.41) is 0.662. The molecule has 0 radical (unpaired) electrons. The average molecular weight is 317 g/mol. The fourth-order valence-electron chi connectivity index (χ4n) is 1.47. The monoisotopic (exact) mass is 316 g/mol. The second-order valence-corrected chi connectivity index (χ2v) is 4.73. The number of hydrogen-bond donors (Lipinski definition) is 0. The number of hydrogen-bond acceptors (Lipinski definition) is 2. The highest BCUT2D eigenvalue weighted by Gasteiger charge is 2.11. The normalized spacial score (nSPS) is 10.4. The molecule has 104 valence electrons. The smallest absolute Gasteiger partial charge is 0.200 e. The molecule has 0 heterocycles. The van der Waals surface area contributed by atoms with E-state index < -0.39 is 17.4 Å². The van der Waals surface area contributed by atoms with Crippen LogP contribution in [0.1, 0.15) is 10.4 Å². The van der Waals surface area contributed by atoms with Crippen molar-refractivity contribution >= 4 is 29.0 Å². The van der Waals surface area contributed by atoms with Crippen LogP contribution in [0.5, 0.6) is 5.75 Å². The van der Waals surface area contributed by atoms with Crippen LogP contribution < -0.4 is 4.74 Å². The molecule has 2 rings (SSSR count). The van der Waals surface area contributed by atoms with Gasteiger partial charge in [-0.1, -0.05) is 23.2 Å². The van der Waals surface area contributed by atoms with Crippen LogP contribution in [0, 0.1) is 11.6 Å². The Morgan fingerprint density at radius 1 is 1.00 bits per heavy atom. The molecule has 0 unspecified atom stereocenters. The van der Waals surface area contributed by atoms with E-state index in [1.807, 2.05) is 0 Å². The molecule has 2 aromatic rings. The molecule has 2 nitrogen and oxygen atoms in total. The summed E-state index contributed by atoms with van der Waals surface area (Å²) in [4.78, 5) is 11.8. The third-order valence-corrected chi connectivity index (χ3v) is 3.24. The Bertz CT molecular complexity index is 660. The number of rotatable bonds is 4. The van der Waals surface area contributed by atoms with Crippen molar-refractivity contribution < 1.29 is 18.3 Å². The van der Waals surface area contributed by atoms with E-state index in [1.54, 1.807) is 6.07 Å². The van der Waals surface area contributed by atoms with Crippen LogP contribution in [0.4, 0.5) is 8.78 Å². The Morgan fingerprint density at radius 2 is 1.75 bits per heavy atom. The van der Waals surface area contributed by atoms with Crippen molar-refractivity contribution in [2.24, 2.45) is 0 Å². The van der Waals surface area contributed by atoms with Crippen LogP contribution in [-0.2, 0) is 0 Å². The van der Waals surface area contributed by atoms with Crippen molar-refractivity contribution in [3.63, 3.8) is 0 Å². The van der Waals surface area contributed by atoms with Crippen LogP contribution in [-0.4, -0.2) is 12.4 Å². The SMILES string of the molecule is O=C(COc1ccc(Cl)c(Cl)c1)c1ccc(F)c(F)c1. The van der Waals surface area contributed by atoms with Crippen molar-refractivity contribution in [2.45, 2.75) is 0 Å². The first-order valence-corrected chi connectivity index (χ1v) is 6.29. The van der Waals surface area contributed by atoms with Crippen LogP contribution in [0.2, 0.25) is 10.0 Å². The lowest BCUT2D eigenvalue weighted by Crippen LogP contribution is -2.12. The fraction of sp³-hybridized carbons (Fsp3) is 0.0714. The maximum atomic E-state index is 13.0. The van der Waals surface area contributed by atoms with Gasteiger partial charge in [-0.2, -0.15) is 0 Å². The summed E-state index contributed by atoms with van der Waals surface area (Å²) in [6.45, 7) is -0.316. The van der Waals surface area contributed by atoms with E-state index in [2.05, 4.69) is 0 Å². The summed E-state index contributed by atoms with van der Waals surface area (Å²) < 4.78 is 31.0. The van der Waals surface area contributed by atoms with E-state index in [9.17, 15) is 13.6 Å². The van der Waals surface area contributed by atoms with Crippen molar-refractivity contribution in [1.82, 2.24) is 0 Å². The molecule has 0 bridgehead atoms. The zero-order chi connectivity index (χ0) is 14.7. The van der Waals surface area contributed by atoms with E-state index >= 15 is 0 Å². The van der Waals surface area contributed by atoms with Crippen LogP contribution in [0.3, 0.4) is 0 Å². The Morgan fingerprint density at radius 3 is 2.40 bits per heavy atom. The van der Waals surface area contributed by atoms with Gasteiger partial charge in [0.25, 0.3) is 0 Å². The largest absolute Gasteiger partial charge is 0.485 e. The van der Waals surface area contributed by atoms with Gasteiger partial charge in [0.1, 0.15) is 5.75 Å². The first-order chi connectivity index (χ1) is 9.47. The van der Waals surface area contributed by atoms with Gasteiger partial charge >= 0.3 is 0 Å². The fourth-order valence-corrected chi connectivity index (χ4v) is 1.76. The molecular weight excluding hydrogens is 309 g/mol. The van der Waals surface area contributed by atoms with E-state index in [4.69, 9.17) is 27.9 Å². The molecule has 0 spiro atoms. The van der Waals surface area contributed by atoms with Gasteiger partial charge in [0.15, 0.2) is 24.0 Å². The van der Waals surface area contributed by atoms with Gasteiger partial charge in [-0.15, -0.1) is 0 Å².